The van der Waals surface area contributed by atoms with Gasteiger partial charge in [0, 0.05) is 0 Å². The van der Waals surface area contributed by atoms with Crippen LogP contribution >= 0.6 is 0 Å². The monoisotopic (exact) mass is 164 g/mol. The standard InChI is InChI=1S/C12H20/c1-8-5-4-6-11(8)12-7-9(2)10(12)3/h8-10H,4-7H2,1-3H3. The molecule has 3 atom stereocenters. The second-order valence-electron chi connectivity index (χ2n) is 4.81. The molecule has 0 N–H and O–H groups in total. The molecule has 0 aromatic carbocycles. The van der Waals surface area contributed by atoms with Crippen LogP contribution < -0.4 is 0 Å². The Morgan fingerprint density at radius 2 is 1.83 bits per heavy atom. The van der Waals surface area contributed by atoms with E-state index in [0.29, 0.717) is 0 Å². The van der Waals surface area contributed by atoms with Crippen LogP contribution in [-0.4, -0.2) is 0 Å². The highest BCUT2D eigenvalue weighted by Crippen LogP contribution is 2.46. The molecule has 3 unspecified atom stereocenters. The molecule has 2 rings (SSSR count). The molecule has 0 aromatic heterocycles. The van der Waals surface area contributed by atoms with Crippen molar-refractivity contribution in [2.75, 3.05) is 0 Å². The molecule has 0 heterocycles. The molecule has 0 amide bonds. The van der Waals surface area contributed by atoms with E-state index in [2.05, 4.69) is 20.8 Å². The summed E-state index contributed by atoms with van der Waals surface area (Å²) in [6.07, 6.45) is 5.70. The van der Waals surface area contributed by atoms with E-state index in [0.717, 1.165) is 17.8 Å². The largest absolute Gasteiger partial charge is 0.0679 e. The third kappa shape index (κ3) is 1.12. The molecule has 0 aromatic rings. The third-order valence-corrected chi connectivity index (χ3v) is 4.04. The zero-order valence-electron chi connectivity index (χ0n) is 8.56. The van der Waals surface area contributed by atoms with Crippen molar-refractivity contribution in [1.29, 1.82) is 0 Å². The quantitative estimate of drug-likeness (QED) is 0.478. The SMILES string of the molecule is CC1CCCC1=C1CC(C)C1C. The first-order valence-electron chi connectivity index (χ1n) is 5.42. The maximum atomic E-state index is 2.41. The van der Waals surface area contributed by atoms with E-state index in [1.807, 2.05) is 11.1 Å². The van der Waals surface area contributed by atoms with Crippen molar-refractivity contribution in [3.8, 4) is 0 Å². The van der Waals surface area contributed by atoms with Gasteiger partial charge in [-0.05, 0) is 43.4 Å². The highest BCUT2D eigenvalue weighted by atomic mass is 14.4. The summed E-state index contributed by atoms with van der Waals surface area (Å²) in [7, 11) is 0. The lowest BCUT2D eigenvalue weighted by atomic mass is 9.68. The first-order chi connectivity index (χ1) is 5.70. The van der Waals surface area contributed by atoms with Gasteiger partial charge >= 0.3 is 0 Å². The van der Waals surface area contributed by atoms with Crippen LogP contribution in [-0.2, 0) is 0 Å². The van der Waals surface area contributed by atoms with Crippen molar-refractivity contribution in [2.24, 2.45) is 17.8 Å². The van der Waals surface area contributed by atoms with Gasteiger partial charge in [0.1, 0.15) is 0 Å². The first kappa shape index (κ1) is 8.34. The topological polar surface area (TPSA) is 0 Å². The molecular formula is C12H20. The van der Waals surface area contributed by atoms with Gasteiger partial charge in [-0.25, -0.2) is 0 Å². The fraction of sp³-hybridized carbons (Fsp3) is 0.833. The van der Waals surface area contributed by atoms with Crippen molar-refractivity contribution in [1.82, 2.24) is 0 Å². The van der Waals surface area contributed by atoms with E-state index >= 15 is 0 Å². The lowest BCUT2D eigenvalue weighted by Gasteiger charge is -2.37. The summed E-state index contributed by atoms with van der Waals surface area (Å²) in [6, 6.07) is 0. The Kier molecular flexibility index (Phi) is 2.02. The van der Waals surface area contributed by atoms with Crippen LogP contribution in [0.25, 0.3) is 0 Å². The predicted octanol–water partition coefficient (Wildman–Crippen LogP) is 3.78. The van der Waals surface area contributed by atoms with Gasteiger partial charge in [-0.1, -0.05) is 31.9 Å². The molecule has 12 heavy (non-hydrogen) atoms. The van der Waals surface area contributed by atoms with Gasteiger partial charge in [-0.2, -0.15) is 0 Å². The average Bonchev–Trinajstić information content (AvgIpc) is 2.46. The Hall–Kier alpha value is -0.260. The Morgan fingerprint density at radius 1 is 1.08 bits per heavy atom. The zero-order chi connectivity index (χ0) is 8.72. The van der Waals surface area contributed by atoms with Gasteiger partial charge in [-0.3, -0.25) is 0 Å². The summed E-state index contributed by atoms with van der Waals surface area (Å²) in [5.74, 6) is 2.77. The lowest BCUT2D eigenvalue weighted by Crippen LogP contribution is -2.25. The molecule has 0 aliphatic heterocycles. The van der Waals surface area contributed by atoms with Gasteiger partial charge in [0.05, 0.1) is 0 Å². The molecule has 2 saturated carbocycles. The molecule has 0 nitrogen and oxygen atoms in total. The second-order valence-corrected chi connectivity index (χ2v) is 4.81. The summed E-state index contributed by atoms with van der Waals surface area (Å²) in [6.45, 7) is 7.20. The molecule has 2 aliphatic carbocycles. The van der Waals surface area contributed by atoms with E-state index in [4.69, 9.17) is 0 Å². The molecule has 0 bridgehead atoms. The molecule has 68 valence electrons. The van der Waals surface area contributed by atoms with Crippen LogP contribution in [0.2, 0.25) is 0 Å². The van der Waals surface area contributed by atoms with Crippen molar-refractivity contribution in [3.63, 3.8) is 0 Å². The number of rotatable bonds is 0. The van der Waals surface area contributed by atoms with Crippen LogP contribution in [0, 0.1) is 17.8 Å². The maximum Gasteiger partial charge on any atom is -0.0200 e. The number of hydrogen-bond donors (Lipinski definition) is 0. The molecule has 0 saturated heterocycles. The fourth-order valence-electron chi connectivity index (χ4n) is 2.81. The normalized spacial score (nSPS) is 47.8. The van der Waals surface area contributed by atoms with Crippen molar-refractivity contribution < 1.29 is 0 Å². The van der Waals surface area contributed by atoms with Crippen LogP contribution in [0.3, 0.4) is 0 Å². The summed E-state index contributed by atoms with van der Waals surface area (Å²) in [4.78, 5) is 0. The molecular weight excluding hydrogens is 144 g/mol. The second kappa shape index (κ2) is 2.90. The Balaban J connectivity index is 2.16. The molecule has 0 heteroatoms. The average molecular weight is 164 g/mol. The summed E-state index contributed by atoms with van der Waals surface area (Å²) in [5.41, 5.74) is 3.66. The minimum absolute atomic E-state index is 0.903. The summed E-state index contributed by atoms with van der Waals surface area (Å²) in [5, 5.41) is 0. The van der Waals surface area contributed by atoms with Gasteiger partial charge in [0.25, 0.3) is 0 Å². The molecule has 0 radical (unpaired) electrons. The fourth-order valence-corrected chi connectivity index (χ4v) is 2.81. The highest BCUT2D eigenvalue weighted by Gasteiger charge is 2.33. The van der Waals surface area contributed by atoms with Crippen LogP contribution in [0.15, 0.2) is 11.1 Å². The lowest BCUT2D eigenvalue weighted by molar-refractivity contribution is 0.318. The maximum absolute atomic E-state index is 2.41. The number of allylic oxidation sites excluding steroid dienone is 2. The molecule has 2 fully saturated rings. The van der Waals surface area contributed by atoms with Gasteiger partial charge in [0.15, 0.2) is 0 Å². The Morgan fingerprint density at radius 3 is 2.25 bits per heavy atom. The summed E-state index contributed by atoms with van der Waals surface area (Å²) < 4.78 is 0. The minimum Gasteiger partial charge on any atom is -0.0679 e. The van der Waals surface area contributed by atoms with Gasteiger partial charge < -0.3 is 0 Å². The van der Waals surface area contributed by atoms with Gasteiger partial charge in [0.2, 0.25) is 0 Å². The summed E-state index contributed by atoms with van der Waals surface area (Å²) >= 11 is 0. The minimum atomic E-state index is 0.903. The van der Waals surface area contributed by atoms with Crippen LogP contribution in [0.4, 0.5) is 0 Å². The van der Waals surface area contributed by atoms with E-state index in [1.54, 1.807) is 0 Å². The van der Waals surface area contributed by atoms with Crippen molar-refractivity contribution in [2.45, 2.75) is 46.5 Å². The van der Waals surface area contributed by atoms with E-state index in [9.17, 15) is 0 Å². The van der Waals surface area contributed by atoms with E-state index in [-0.39, 0.29) is 0 Å². The molecule has 0 spiro atoms. The van der Waals surface area contributed by atoms with Crippen LogP contribution in [0.1, 0.15) is 46.5 Å². The van der Waals surface area contributed by atoms with Crippen molar-refractivity contribution >= 4 is 0 Å². The Labute approximate surface area is 76.1 Å². The van der Waals surface area contributed by atoms with Crippen LogP contribution in [0.5, 0.6) is 0 Å². The van der Waals surface area contributed by atoms with E-state index in [1.165, 1.54) is 25.7 Å². The molecule has 2 aliphatic rings. The first-order valence-corrected chi connectivity index (χ1v) is 5.42. The predicted molar refractivity (Wildman–Crippen MR) is 53.0 cm³/mol. The van der Waals surface area contributed by atoms with Gasteiger partial charge in [-0.15, -0.1) is 0 Å². The third-order valence-electron chi connectivity index (χ3n) is 4.04. The van der Waals surface area contributed by atoms with Crippen molar-refractivity contribution in [3.05, 3.63) is 11.1 Å². The smallest absolute Gasteiger partial charge is 0.0200 e. The highest BCUT2D eigenvalue weighted by molar-refractivity contribution is 5.27. The zero-order valence-corrected chi connectivity index (χ0v) is 8.56. The van der Waals surface area contributed by atoms with E-state index < -0.39 is 0 Å². The Bertz CT molecular complexity index is 212. The number of hydrogen-bond acceptors (Lipinski definition) is 0.